The molecule has 0 spiro atoms. The predicted molar refractivity (Wildman–Crippen MR) is 92.8 cm³/mol. The second-order valence-corrected chi connectivity index (χ2v) is 6.67. The lowest BCUT2D eigenvalue weighted by Gasteiger charge is -2.20. The minimum atomic E-state index is -0.547. The zero-order valence-electron chi connectivity index (χ0n) is 13.7. The Balaban J connectivity index is 1.55. The minimum absolute atomic E-state index is 0.0470. The SMILES string of the molecule is CC(NC(=O)C1(c2ccc(F)cc2)CC1)c1ccc2[nH]c(=O)[nH]c2c1. The van der Waals surface area contributed by atoms with Crippen LogP contribution < -0.4 is 11.0 Å². The molecule has 0 saturated heterocycles. The molecule has 0 aliphatic heterocycles. The summed E-state index contributed by atoms with van der Waals surface area (Å²) in [5.41, 5.74) is 2.40. The second-order valence-electron chi connectivity index (χ2n) is 6.67. The number of H-pyrrole nitrogens is 2. The highest BCUT2D eigenvalue weighted by atomic mass is 19.1. The zero-order chi connectivity index (χ0) is 17.6. The van der Waals surface area contributed by atoms with Crippen molar-refractivity contribution < 1.29 is 9.18 Å². The third kappa shape index (κ3) is 2.73. The van der Waals surface area contributed by atoms with Gasteiger partial charge in [0.25, 0.3) is 0 Å². The molecule has 0 radical (unpaired) electrons. The normalized spacial score (nSPS) is 16.6. The first-order valence-electron chi connectivity index (χ1n) is 8.27. The molecular weight excluding hydrogens is 321 g/mol. The van der Waals surface area contributed by atoms with Gasteiger partial charge in [-0.3, -0.25) is 4.79 Å². The van der Waals surface area contributed by atoms with Crippen molar-refractivity contribution in [2.24, 2.45) is 0 Å². The Morgan fingerprint density at radius 1 is 1.12 bits per heavy atom. The number of hydrogen-bond donors (Lipinski definition) is 3. The van der Waals surface area contributed by atoms with Crippen LogP contribution in [0.3, 0.4) is 0 Å². The first-order chi connectivity index (χ1) is 12.0. The number of rotatable bonds is 4. The van der Waals surface area contributed by atoms with Gasteiger partial charge in [-0.1, -0.05) is 18.2 Å². The molecule has 25 heavy (non-hydrogen) atoms. The van der Waals surface area contributed by atoms with E-state index in [1.54, 1.807) is 12.1 Å². The van der Waals surface area contributed by atoms with Crippen LogP contribution >= 0.6 is 0 Å². The quantitative estimate of drug-likeness (QED) is 0.683. The van der Waals surface area contributed by atoms with Crippen LogP contribution in [0.25, 0.3) is 11.0 Å². The predicted octanol–water partition coefficient (Wildman–Crippen LogP) is 2.90. The fourth-order valence-corrected chi connectivity index (χ4v) is 3.28. The molecule has 1 unspecified atom stereocenters. The van der Waals surface area contributed by atoms with Crippen molar-refractivity contribution in [1.29, 1.82) is 0 Å². The molecule has 6 heteroatoms. The molecule has 3 N–H and O–H groups in total. The fraction of sp³-hybridized carbons (Fsp3) is 0.263. The van der Waals surface area contributed by atoms with Crippen molar-refractivity contribution in [3.8, 4) is 0 Å². The van der Waals surface area contributed by atoms with Crippen LogP contribution in [0.5, 0.6) is 0 Å². The molecule has 1 heterocycles. The maximum absolute atomic E-state index is 13.1. The highest BCUT2D eigenvalue weighted by Crippen LogP contribution is 2.48. The third-order valence-corrected chi connectivity index (χ3v) is 4.97. The molecule has 1 amide bonds. The number of nitrogens with one attached hydrogen (secondary N) is 3. The number of amides is 1. The van der Waals surface area contributed by atoms with Crippen LogP contribution in [0.15, 0.2) is 47.3 Å². The number of aromatic nitrogens is 2. The lowest BCUT2D eigenvalue weighted by Crippen LogP contribution is -2.36. The van der Waals surface area contributed by atoms with E-state index in [-0.39, 0.29) is 23.5 Å². The van der Waals surface area contributed by atoms with Gasteiger partial charge in [0.2, 0.25) is 5.91 Å². The topological polar surface area (TPSA) is 77.8 Å². The first kappa shape index (κ1) is 15.6. The molecule has 4 rings (SSSR count). The summed E-state index contributed by atoms with van der Waals surface area (Å²) in [6, 6.07) is 11.5. The van der Waals surface area contributed by atoms with Crippen LogP contribution in [0.4, 0.5) is 4.39 Å². The molecule has 2 aromatic carbocycles. The van der Waals surface area contributed by atoms with Gasteiger partial charge in [-0.15, -0.1) is 0 Å². The van der Waals surface area contributed by atoms with Crippen molar-refractivity contribution in [3.63, 3.8) is 0 Å². The first-order valence-corrected chi connectivity index (χ1v) is 8.27. The van der Waals surface area contributed by atoms with Gasteiger partial charge in [0.15, 0.2) is 0 Å². The third-order valence-electron chi connectivity index (χ3n) is 4.97. The lowest BCUT2D eigenvalue weighted by atomic mass is 9.94. The molecule has 3 aromatic rings. The highest BCUT2D eigenvalue weighted by Gasteiger charge is 2.51. The maximum atomic E-state index is 13.1. The summed E-state index contributed by atoms with van der Waals surface area (Å²) in [4.78, 5) is 29.6. The molecular formula is C19H18FN3O2. The van der Waals surface area contributed by atoms with Gasteiger partial charge >= 0.3 is 5.69 Å². The Kier molecular flexibility index (Phi) is 3.49. The molecule has 1 aliphatic rings. The van der Waals surface area contributed by atoms with E-state index in [1.807, 2.05) is 25.1 Å². The smallest absolute Gasteiger partial charge is 0.323 e. The van der Waals surface area contributed by atoms with Crippen molar-refractivity contribution in [1.82, 2.24) is 15.3 Å². The average molecular weight is 339 g/mol. The van der Waals surface area contributed by atoms with E-state index in [4.69, 9.17) is 0 Å². The molecule has 1 aliphatic carbocycles. The fourth-order valence-electron chi connectivity index (χ4n) is 3.28. The summed E-state index contributed by atoms with van der Waals surface area (Å²) in [5, 5.41) is 3.05. The number of aromatic amines is 2. The average Bonchev–Trinajstić information content (AvgIpc) is 3.31. The van der Waals surface area contributed by atoms with Crippen molar-refractivity contribution in [3.05, 3.63) is 69.9 Å². The Labute approximate surface area is 143 Å². The summed E-state index contributed by atoms with van der Waals surface area (Å²) >= 11 is 0. The Morgan fingerprint density at radius 3 is 2.48 bits per heavy atom. The number of carbonyl (C=O) groups excluding carboxylic acids is 1. The van der Waals surface area contributed by atoms with Crippen molar-refractivity contribution in [2.45, 2.75) is 31.2 Å². The van der Waals surface area contributed by atoms with E-state index in [9.17, 15) is 14.0 Å². The maximum Gasteiger partial charge on any atom is 0.323 e. The van der Waals surface area contributed by atoms with Crippen molar-refractivity contribution >= 4 is 16.9 Å². The van der Waals surface area contributed by atoms with Crippen LogP contribution in [-0.4, -0.2) is 15.9 Å². The molecule has 1 atom stereocenters. The van der Waals surface area contributed by atoms with E-state index in [0.29, 0.717) is 5.52 Å². The molecule has 1 saturated carbocycles. The summed E-state index contributed by atoms with van der Waals surface area (Å²) in [6.07, 6.45) is 1.53. The lowest BCUT2D eigenvalue weighted by molar-refractivity contribution is -0.124. The van der Waals surface area contributed by atoms with E-state index >= 15 is 0 Å². The Bertz CT molecular complexity index is 999. The second kappa shape index (κ2) is 5.58. The summed E-state index contributed by atoms with van der Waals surface area (Å²) in [7, 11) is 0. The number of carbonyl (C=O) groups is 1. The zero-order valence-corrected chi connectivity index (χ0v) is 13.7. The van der Waals surface area contributed by atoms with Gasteiger partial charge in [-0.2, -0.15) is 0 Å². The number of fused-ring (bicyclic) bond motifs is 1. The van der Waals surface area contributed by atoms with E-state index in [2.05, 4.69) is 15.3 Å². The number of hydrogen-bond acceptors (Lipinski definition) is 2. The van der Waals surface area contributed by atoms with E-state index in [1.165, 1.54) is 12.1 Å². The summed E-state index contributed by atoms with van der Waals surface area (Å²) in [6.45, 7) is 1.91. The largest absolute Gasteiger partial charge is 0.349 e. The molecule has 1 aromatic heterocycles. The van der Waals surface area contributed by atoms with Gasteiger partial charge in [-0.25, -0.2) is 9.18 Å². The van der Waals surface area contributed by atoms with Crippen LogP contribution in [0.2, 0.25) is 0 Å². The molecule has 5 nitrogen and oxygen atoms in total. The summed E-state index contributed by atoms with van der Waals surface area (Å²) < 4.78 is 13.1. The van der Waals surface area contributed by atoms with E-state index in [0.717, 1.165) is 29.5 Å². The molecule has 0 bridgehead atoms. The molecule has 1 fully saturated rings. The summed E-state index contributed by atoms with van der Waals surface area (Å²) in [5.74, 6) is -0.351. The van der Waals surface area contributed by atoms with Gasteiger partial charge in [0.05, 0.1) is 22.5 Å². The van der Waals surface area contributed by atoms with E-state index < -0.39 is 5.41 Å². The van der Waals surface area contributed by atoms with Crippen molar-refractivity contribution in [2.75, 3.05) is 0 Å². The van der Waals surface area contributed by atoms with Gasteiger partial charge in [0, 0.05) is 0 Å². The molecule has 128 valence electrons. The van der Waals surface area contributed by atoms with Gasteiger partial charge < -0.3 is 15.3 Å². The minimum Gasteiger partial charge on any atom is -0.349 e. The van der Waals surface area contributed by atoms with Crippen LogP contribution in [0, 0.1) is 5.82 Å². The Hall–Kier alpha value is -2.89. The Morgan fingerprint density at radius 2 is 1.80 bits per heavy atom. The number of benzene rings is 2. The van der Waals surface area contributed by atoms with Gasteiger partial charge in [0.1, 0.15) is 5.82 Å². The monoisotopic (exact) mass is 339 g/mol. The highest BCUT2D eigenvalue weighted by molar-refractivity contribution is 5.91. The van der Waals surface area contributed by atoms with Crippen LogP contribution in [-0.2, 0) is 10.2 Å². The standard InChI is InChI=1S/C19H18FN3O2/c1-11(12-2-7-15-16(10-12)23-18(25)22-15)21-17(24)19(8-9-19)13-3-5-14(20)6-4-13/h2-7,10-11H,8-9H2,1H3,(H,21,24)(H2,22,23,25). The number of halogens is 1. The number of imidazole rings is 1. The van der Waals surface area contributed by atoms with Crippen LogP contribution in [0.1, 0.15) is 36.9 Å². The van der Waals surface area contributed by atoms with Gasteiger partial charge in [-0.05, 0) is 55.2 Å².